The number of aliphatic imine (C=N–C) groups is 1. The minimum atomic E-state index is 0.548. The Morgan fingerprint density at radius 2 is 2.19 bits per heavy atom. The molecule has 0 aromatic carbocycles. The Labute approximate surface area is 127 Å². The van der Waals surface area contributed by atoms with E-state index in [0.717, 1.165) is 24.2 Å². The highest BCUT2D eigenvalue weighted by atomic mass is 16.5. The van der Waals surface area contributed by atoms with E-state index in [9.17, 15) is 0 Å². The van der Waals surface area contributed by atoms with E-state index in [4.69, 9.17) is 4.74 Å². The third kappa shape index (κ3) is 5.61. The third-order valence-corrected chi connectivity index (χ3v) is 3.88. The van der Waals surface area contributed by atoms with E-state index >= 15 is 0 Å². The van der Waals surface area contributed by atoms with Crippen LogP contribution in [-0.4, -0.2) is 37.2 Å². The minimum absolute atomic E-state index is 0.548. The maximum absolute atomic E-state index is 5.60. The Morgan fingerprint density at radius 1 is 1.38 bits per heavy atom. The van der Waals surface area contributed by atoms with Gasteiger partial charge < -0.3 is 15.4 Å². The van der Waals surface area contributed by atoms with Gasteiger partial charge in [-0.1, -0.05) is 6.92 Å². The first-order chi connectivity index (χ1) is 10.3. The molecule has 1 heterocycles. The summed E-state index contributed by atoms with van der Waals surface area (Å²) in [6.45, 7) is 3.64. The normalized spacial score (nSPS) is 22.7. The summed E-state index contributed by atoms with van der Waals surface area (Å²) in [5.41, 5.74) is 0. The second-order valence-corrected chi connectivity index (χ2v) is 5.64. The molecule has 0 amide bonds. The van der Waals surface area contributed by atoms with Crippen molar-refractivity contribution < 1.29 is 4.74 Å². The molecule has 1 aromatic heterocycles. The van der Waals surface area contributed by atoms with Gasteiger partial charge in [-0.25, -0.2) is 0 Å². The standard InChI is InChI=1S/C16H26N4O/c1-13-5-7-14(8-6-13)20-16(17-2)19-10-11-21-15-4-3-9-18-12-15/h3-4,9,12-14H,5-8,10-11H2,1-2H3,(H2,17,19,20). The van der Waals surface area contributed by atoms with Gasteiger partial charge in [-0.3, -0.25) is 9.98 Å². The zero-order valence-corrected chi connectivity index (χ0v) is 13.0. The molecule has 2 N–H and O–H groups in total. The molecule has 0 aliphatic heterocycles. The van der Waals surface area contributed by atoms with Gasteiger partial charge in [0.05, 0.1) is 12.7 Å². The number of nitrogens with zero attached hydrogens (tertiary/aromatic N) is 2. The van der Waals surface area contributed by atoms with Crippen LogP contribution in [0.25, 0.3) is 0 Å². The molecule has 0 unspecified atom stereocenters. The summed E-state index contributed by atoms with van der Waals surface area (Å²) < 4.78 is 5.60. The largest absolute Gasteiger partial charge is 0.490 e. The van der Waals surface area contributed by atoms with Gasteiger partial charge in [0.15, 0.2) is 5.96 Å². The number of ether oxygens (including phenoxy) is 1. The van der Waals surface area contributed by atoms with Crippen LogP contribution >= 0.6 is 0 Å². The molecule has 1 aliphatic carbocycles. The lowest BCUT2D eigenvalue weighted by atomic mass is 9.87. The molecule has 2 rings (SSSR count). The van der Waals surface area contributed by atoms with Gasteiger partial charge >= 0.3 is 0 Å². The predicted molar refractivity (Wildman–Crippen MR) is 85.6 cm³/mol. The Balaban J connectivity index is 1.64. The molecular formula is C16H26N4O. The average Bonchev–Trinajstić information content (AvgIpc) is 2.53. The van der Waals surface area contributed by atoms with E-state index in [1.54, 1.807) is 12.4 Å². The number of pyridine rings is 1. The van der Waals surface area contributed by atoms with E-state index in [0.29, 0.717) is 12.6 Å². The third-order valence-electron chi connectivity index (χ3n) is 3.88. The molecule has 0 atom stereocenters. The molecule has 0 radical (unpaired) electrons. The monoisotopic (exact) mass is 290 g/mol. The van der Waals surface area contributed by atoms with E-state index in [-0.39, 0.29) is 0 Å². The maximum atomic E-state index is 5.60. The SMILES string of the molecule is CN=C(NCCOc1cccnc1)NC1CCC(C)CC1. The summed E-state index contributed by atoms with van der Waals surface area (Å²) in [6, 6.07) is 4.32. The first-order valence-corrected chi connectivity index (χ1v) is 7.78. The van der Waals surface area contributed by atoms with Crippen molar-refractivity contribution in [3.63, 3.8) is 0 Å². The van der Waals surface area contributed by atoms with Gasteiger partial charge in [-0.15, -0.1) is 0 Å². The number of nitrogens with one attached hydrogen (secondary N) is 2. The highest BCUT2D eigenvalue weighted by molar-refractivity contribution is 5.79. The molecule has 5 heteroatoms. The number of rotatable bonds is 5. The lowest BCUT2D eigenvalue weighted by molar-refractivity contribution is 0.316. The second-order valence-electron chi connectivity index (χ2n) is 5.64. The summed E-state index contributed by atoms with van der Waals surface area (Å²) >= 11 is 0. The molecule has 1 fully saturated rings. The zero-order valence-electron chi connectivity index (χ0n) is 13.0. The summed E-state index contributed by atoms with van der Waals surface area (Å²) in [5.74, 6) is 2.53. The molecule has 21 heavy (non-hydrogen) atoms. The van der Waals surface area contributed by atoms with Crippen LogP contribution in [0.1, 0.15) is 32.6 Å². The lowest BCUT2D eigenvalue weighted by Crippen LogP contribution is -2.45. The predicted octanol–water partition coefficient (Wildman–Crippen LogP) is 2.20. The van der Waals surface area contributed by atoms with Crippen molar-refractivity contribution in [2.75, 3.05) is 20.2 Å². The van der Waals surface area contributed by atoms with Crippen molar-refractivity contribution in [3.8, 4) is 5.75 Å². The Bertz CT molecular complexity index is 427. The molecular weight excluding hydrogens is 264 g/mol. The summed E-state index contributed by atoms with van der Waals surface area (Å²) in [4.78, 5) is 8.29. The summed E-state index contributed by atoms with van der Waals surface area (Å²) in [5, 5.41) is 6.79. The molecule has 0 bridgehead atoms. The van der Waals surface area contributed by atoms with E-state index in [2.05, 4.69) is 27.5 Å². The van der Waals surface area contributed by atoms with Crippen LogP contribution in [0.3, 0.4) is 0 Å². The van der Waals surface area contributed by atoms with Crippen molar-refractivity contribution in [3.05, 3.63) is 24.5 Å². The number of aromatic nitrogens is 1. The second kappa shape index (κ2) is 8.49. The van der Waals surface area contributed by atoms with Gasteiger partial charge in [-0.05, 0) is 43.7 Å². The number of hydrogen-bond acceptors (Lipinski definition) is 3. The highest BCUT2D eigenvalue weighted by Gasteiger charge is 2.18. The zero-order chi connectivity index (χ0) is 14.9. The van der Waals surface area contributed by atoms with Crippen molar-refractivity contribution in [1.29, 1.82) is 0 Å². The summed E-state index contributed by atoms with van der Waals surface area (Å²) in [6.07, 6.45) is 8.53. The average molecular weight is 290 g/mol. The van der Waals surface area contributed by atoms with Crippen molar-refractivity contribution in [2.24, 2.45) is 10.9 Å². The fourth-order valence-corrected chi connectivity index (χ4v) is 2.56. The van der Waals surface area contributed by atoms with Gasteiger partial charge in [0.2, 0.25) is 0 Å². The Hall–Kier alpha value is -1.78. The molecule has 116 valence electrons. The highest BCUT2D eigenvalue weighted by Crippen LogP contribution is 2.23. The molecule has 5 nitrogen and oxygen atoms in total. The van der Waals surface area contributed by atoms with Crippen molar-refractivity contribution in [2.45, 2.75) is 38.6 Å². The van der Waals surface area contributed by atoms with Crippen LogP contribution in [0.4, 0.5) is 0 Å². The van der Waals surface area contributed by atoms with Gasteiger partial charge in [-0.2, -0.15) is 0 Å². The van der Waals surface area contributed by atoms with Gasteiger partial charge in [0.1, 0.15) is 12.4 Å². The number of guanidine groups is 1. The van der Waals surface area contributed by atoms with Crippen molar-refractivity contribution >= 4 is 5.96 Å². The Morgan fingerprint density at radius 3 is 2.86 bits per heavy atom. The van der Waals surface area contributed by atoms with Crippen LogP contribution in [-0.2, 0) is 0 Å². The fraction of sp³-hybridized carbons (Fsp3) is 0.625. The van der Waals surface area contributed by atoms with Gasteiger partial charge in [0.25, 0.3) is 0 Å². The van der Waals surface area contributed by atoms with E-state index in [1.807, 2.05) is 19.2 Å². The van der Waals surface area contributed by atoms with Crippen molar-refractivity contribution in [1.82, 2.24) is 15.6 Å². The van der Waals surface area contributed by atoms with Crippen LogP contribution in [0.15, 0.2) is 29.5 Å². The summed E-state index contributed by atoms with van der Waals surface area (Å²) in [7, 11) is 1.81. The first-order valence-electron chi connectivity index (χ1n) is 7.78. The molecule has 1 aromatic rings. The quantitative estimate of drug-likeness (QED) is 0.496. The first kappa shape index (κ1) is 15.6. The molecule has 1 aliphatic rings. The van der Waals surface area contributed by atoms with Crippen LogP contribution in [0.2, 0.25) is 0 Å². The minimum Gasteiger partial charge on any atom is -0.490 e. The molecule has 1 saturated carbocycles. The maximum Gasteiger partial charge on any atom is 0.191 e. The number of hydrogen-bond donors (Lipinski definition) is 2. The van der Waals surface area contributed by atoms with E-state index in [1.165, 1.54) is 25.7 Å². The molecule has 0 spiro atoms. The van der Waals surface area contributed by atoms with Crippen LogP contribution < -0.4 is 15.4 Å². The topological polar surface area (TPSA) is 58.5 Å². The van der Waals surface area contributed by atoms with Gasteiger partial charge in [0, 0.05) is 19.3 Å². The Kier molecular flexibility index (Phi) is 6.31. The van der Waals surface area contributed by atoms with Crippen LogP contribution in [0.5, 0.6) is 5.75 Å². The van der Waals surface area contributed by atoms with Crippen LogP contribution in [0, 0.1) is 5.92 Å². The lowest BCUT2D eigenvalue weighted by Gasteiger charge is -2.28. The fourth-order valence-electron chi connectivity index (χ4n) is 2.56. The van der Waals surface area contributed by atoms with E-state index < -0.39 is 0 Å². The smallest absolute Gasteiger partial charge is 0.191 e. The molecule has 0 saturated heterocycles.